The molecule has 0 saturated heterocycles. The fraction of sp³-hybridized carbons (Fsp3) is 1.00. The third-order valence-corrected chi connectivity index (χ3v) is 3.07. The number of rotatable bonds is 6. The minimum absolute atomic E-state index is 0.520. The SMILES string of the molecule is CCC(C)(C)NC(C)(CCC(F)(F)F)CC(F)(F)F. The fourth-order valence-corrected chi connectivity index (χ4v) is 1.96. The third-order valence-electron chi connectivity index (χ3n) is 3.07. The maximum absolute atomic E-state index is 12.5. The van der Waals surface area contributed by atoms with Gasteiger partial charge in [0, 0.05) is 17.5 Å². The van der Waals surface area contributed by atoms with E-state index in [1.807, 2.05) is 0 Å². The van der Waals surface area contributed by atoms with Gasteiger partial charge in [-0.15, -0.1) is 0 Å². The van der Waals surface area contributed by atoms with Crippen molar-refractivity contribution in [2.75, 3.05) is 0 Å². The Bertz CT molecular complexity index is 281. The molecule has 0 bridgehead atoms. The molecule has 0 fully saturated rings. The van der Waals surface area contributed by atoms with E-state index in [2.05, 4.69) is 5.32 Å². The summed E-state index contributed by atoms with van der Waals surface area (Å²) in [5.74, 6) is 0. The van der Waals surface area contributed by atoms with Gasteiger partial charge in [0.15, 0.2) is 0 Å². The van der Waals surface area contributed by atoms with E-state index in [1.165, 1.54) is 6.92 Å². The maximum Gasteiger partial charge on any atom is 0.390 e. The van der Waals surface area contributed by atoms with E-state index in [9.17, 15) is 26.3 Å². The van der Waals surface area contributed by atoms with Gasteiger partial charge in [0.1, 0.15) is 0 Å². The van der Waals surface area contributed by atoms with Crippen LogP contribution in [0.3, 0.4) is 0 Å². The zero-order chi connectivity index (χ0) is 15.5. The molecule has 19 heavy (non-hydrogen) atoms. The second-order valence-corrected chi connectivity index (χ2v) is 5.83. The largest absolute Gasteiger partial charge is 0.390 e. The lowest BCUT2D eigenvalue weighted by atomic mass is 9.87. The molecule has 7 heteroatoms. The summed E-state index contributed by atoms with van der Waals surface area (Å²) in [6.07, 6.45) is -11.5. The smallest absolute Gasteiger partial charge is 0.306 e. The highest BCUT2D eigenvalue weighted by Crippen LogP contribution is 2.35. The molecule has 116 valence electrons. The molecule has 1 N–H and O–H groups in total. The van der Waals surface area contributed by atoms with Crippen molar-refractivity contribution >= 4 is 0 Å². The number of hydrogen-bond donors (Lipinski definition) is 1. The Kier molecular flexibility index (Phi) is 5.75. The van der Waals surface area contributed by atoms with Crippen LogP contribution in [0.2, 0.25) is 0 Å². The van der Waals surface area contributed by atoms with E-state index in [0.717, 1.165) is 0 Å². The monoisotopic (exact) mass is 293 g/mol. The van der Waals surface area contributed by atoms with Crippen molar-refractivity contribution in [3.8, 4) is 0 Å². The Balaban J connectivity index is 4.92. The van der Waals surface area contributed by atoms with Gasteiger partial charge in [0.05, 0.1) is 6.42 Å². The van der Waals surface area contributed by atoms with Crippen LogP contribution in [0, 0.1) is 0 Å². The molecular formula is C12H21F6N. The molecule has 0 rings (SSSR count). The molecule has 0 amide bonds. The van der Waals surface area contributed by atoms with Gasteiger partial charge in [0.2, 0.25) is 0 Å². The summed E-state index contributed by atoms with van der Waals surface area (Å²) in [7, 11) is 0. The molecular weight excluding hydrogens is 272 g/mol. The highest BCUT2D eigenvalue weighted by molar-refractivity contribution is 4.93. The van der Waals surface area contributed by atoms with Crippen LogP contribution in [0.5, 0.6) is 0 Å². The van der Waals surface area contributed by atoms with Gasteiger partial charge in [0.25, 0.3) is 0 Å². The number of hydrogen-bond acceptors (Lipinski definition) is 1. The second kappa shape index (κ2) is 5.89. The Morgan fingerprint density at radius 2 is 1.26 bits per heavy atom. The molecule has 0 saturated carbocycles. The quantitative estimate of drug-likeness (QED) is 0.692. The minimum atomic E-state index is -4.50. The molecule has 1 unspecified atom stereocenters. The summed E-state index contributed by atoms with van der Waals surface area (Å²) in [6, 6.07) is 0. The molecule has 0 aliphatic heterocycles. The molecule has 0 aromatic carbocycles. The van der Waals surface area contributed by atoms with E-state index >= 15 is 0 Å². The predicted molar refractivity (Wildman–Crippen MR) is 61.9 cm³/mol. The number of halogens is 6. The van der Waals surface area contributed by atoms with Gasteiger partial charge in [-0.25, -0.2) is 0 Å². The lowest BCUT2D eigenvalue weighted by molar-refractivity contribution is -0.163. The van der Waals surface area contributed by atoms with Gasteiger partial charge in [-0.2, -0.15) is 26.3 Å². The zero-order valence-corrected chi connectivity index (χ0v) is 11.6. The van der Waals surface area contributed by atoms with Crippen molar-refractivity contribution in [1.29, 1.82) is 0 Å². The van der Waals surface area contributed by atoms with Gasteiger partial charge < -0.3 is 5.32 Å². The molecule has 1 nitrogen and oxygen atoms in total. The van der Waals surface area contributed by atoms with Crippen LogP contribution in [0.1, 0.15) is 53.4 Å². The summed E-state index contributed by atoms with van der Waals surface area (Å²) in [4.78, 5) is 0. The van der Waals surface area contributed by atoms with Crippen molar-refractivity contribution < 1.29 is 26.3 Å². The van der Waals surface area contributed by atoms with Crippen molar-refractivity contribution in [1.82, 2.24) is 5.32 Å². The molecule has 0 heterocycles. The van der Waals surface area contributed by atoms with E-state index in [4.69, 9.17) is 0 Å². The van der Waals surface area contributed by atoms with E-state index < -0.39 is 42.7 Å². The van der Waals surface area contributed by atoms with E-state index in [0.29, 0.717) is 6.42 Å². The first-order valence-electron chi connectivity index (χ1n) is 6.11. The van der Waals surface area contributed by atoms with Crippen LogP contribution < -0.4 is 5.32 Å². The average molecular weight is 293 g/mol. The minimum Gasteiger partial charge on any atom is -0.306 e. The third kappa shape index (κ3) is 9.13. The first-order chi connectivity index (χ1) is 8.18. The van der Waals surface area contributed by atoms with Crippen LogP contribution in [-0.2, 0) is 0 Å². The standard InChI is InChI=1S/C12H21F6N/c1-5-9(2,3)19-10(4,8-12(16,17)18)6-7-11(13,14)15/h19H,5-8H2,1-4H3. The van der Waals surface area contributed by atoms with Crippen molar-refractivity contribution in [2.24, 2.45) is 0 Å². The highest BCUT2D eigenvalue weighted by atomic mass is 19.4. The van der Waals surface area contributed by atoms with Crippen LogP contribution in [0.4, 0.5) is 26.3 Å². The molecule has 0 aliphatic rings. The van der Waals surface area contributed by atoms with Crippen LogP contribution >= 0.6 is 0 Å². The first-order valence-corrected chi connectivity index (χ1v) is 6.11. The Morgan fingerprint density at radius 3 is 1.58 bits per heavy atom. The molecule has 0 aromatic rings. The lowest BCUT2D eigenvalue weighted by Gasteiger charge is -2.40. The zero-order valence-electron chi connectivity index (χ0n) is 11.6. The average Bonchev–Trinajstić information content (AvgIpc) is 2.10. The Hall–Kier alpha value is -0.460. The maximum atomic E-state index is 12.5. The van der Waals surface area contributed by atoms with Crippen molar-refractivity contribution in [3.05, 3.63) is 0 Å². The molecule has 0 aromatic heterocycles. The van der Waals surface area contributed by atoms with Crippen molar-refractivity contribution in [3.63, 3.8) is 0 Å². The summed E-state index contributed by atoms with van der Waals surface area (Å²) in [5.41, 5.74) is -2.27. The normalized spacial score (nSPS) is 17.4. The van der Waals surface area contributed by atoms with E-state index in [1.54, 1.807) is 20.8 Å². The summed E-state index contributed by atoms with van der Waals surface area (Å²) < 4.78 is 74.3. The summed E-state index contributed by atoms with van der Waals surface area (Å²) >= 11 is 0. The number of alkyl halides is 6. The predicted octanol–water partition coefficient (Wildman–Crippen LogP) is 4.82. The Morgan fingerprint density at radius 1 is 0.789 bits per heavy atom. The summed E-state index contributed by atoms with van der Waals surface area (Å²) in [5, 5.41) is 2.73. The summed E-state index contributed by atoms with van der Waals surface area (Å²) in [6.45, 7) is 6.32. The van der Waals surface area contributed by atoms with Crippen LogP contribution in [-0.4, -0.2) is 23.4 Å². The van der Waals surface area contributed by atoms with Crippen LogP contribution in [0.25, 0.3) is 0 Å². The van der Waals surface area contributed by atoms with Crippen LogP contribution in [0.15, 0.2) is 0 Å². The van der Waals surface area contributed by atoms with Crippen molar-refractivity contribution in [2.45, 2.75) is 76.8 Å². The Labute approximate surface area is 109 Å². The van der Waals surface area contributed by atoms with Gasteiger partial charge in [-0.05, 0) is 33.6 Å². The topological polar surface area (TPSA) is 12.0 Å². The van der Waals surface area contributed by atoms with Gasteiger partial charge in [-0.1, -0.05) is 6.92 Å². The van der Waals surface area contributed by atoms with Gasteiger partial charge in [-0.3, -0.25) is 0 Å². The fourth-order valence-electron chi connectivity index (χ4n) is 1.96. The highest BCUT2D eigenvalue weighted by Gasteiger charge is 2.43. The molecule has 0 radical (unpaired) electrons. The molecule has 1 atom stereocenters. The number of nitrogens with one attached hydrogen (secondary N) is 1. The molecule has 0 aliphatic carbocycles. The first kappa shape index (κ1) is 18.5. The molecule has 0 spiro atoms. The second-order valence-electron chi connectivity index (χ2n) is 5.83. The van der Waals surface area contributed by atoms with E-state index in [-0.39, 0.29) is 0 Å². The lowest BCUT2D eigenvalue weighted by Crippen LogP contribution is -2.55. The van der Waals surface area contributed by atoms with Gasteiger partial charge >= 0.3 is 12.4 Å².